The molecular formula is C11H13ClN4O. The van der Waals surface area contributed by atoms with Crippen molar-refractivity contribution < 1.29 is 4.52 Å². The summed E-state index contributed by atoms with van der Waals surface area (Å²) in [5, 5.41) is 4.34. The highest BCUT2D eigenvalue weighted by atomic mass is 35.5. The molecule has 2 heterocycles. The van der Waals surface area contributed by atoms with Gasteiger partial charge in [-0.25, -0.2) is 0 Å². The minimum absolute atomic E-state index is 0.196. The Hall–Kier alpha value is -1.46. The van der Waals surface area contributed by atoms with Crippen LogP contribution in [-0.4, -0.2) is 15.1 Å². The fourth-order valence-electron chi connectivity index (χ4n) is 1.48. The fourth-order valence-corrected chi connectivity index (χ4v) is 1.68. The third-order valence-electron chi connectivity index (χ3n) is 2.38. The minimum atomic E-state index is -0.196. The first-order valence-corrected chi connectivity index (χ1v) is 5.79. The van der Waals surface area contributed by atoms with Crippen molar-refractivity contribution in [2.45, 2.75) is 25.8 Å². The predicted molar refractivity (Wildman–Crippen MR) is 64.4 cm³/mol. The van der Waals surface area contributed by atoms with Crippen LogP contribution in [0.2, 0.25) is 5.02 Å². The number of halogens is 1. The van der Waals surface area contributed by atoms with E-state index in [1.54, 1.807) is 12.3 Å². The van der Waals surface area contributed by atoms with Crippen LogP contribution in [0.25, 0.3) is 11.5 Å². The van der Waals surface area contributed by atoms with Gasteiger partial charge < -0.3 is 10.3 Å². The third kappa shape index (κ3) is 2.62. The molecule has 0 aromatic carbocycles. The number of pyridine rings is 1. The predicted octanol–water partition coefficient (Wildman–Crippen LogP) is 2.58. The Morgan fingerprint density at radius 1 is 1.53 bits per heavy atom. The van der Waals surface area contributed by atoms with Crippen LogP contribution in [0, 0.1) is 0 Å². The molecule has 0 saturated heterocycles. The maximum absolute atomic E-state index is 5.99. The Balaban J connectivity index is 2.27. The summed E-state index contributed by atoms with van der Waals surface area (Å²) in [5.74, 6) is 0.883. The largest absolute Gasteiger partial charge is 0.334 e. The topological polar surface area (TPSA) is 77.8 Å². The molecule has 0 fully saturated rings. The molecule has 0 amide bonds. The van der Waals surface area contributed by atoms with Gasteiger partial charge in [0.25, 0.3) is 5.89 Å². The normalized spacial score (nSPS) is 12.6. The molecule has 6 heteroatoms. The zero-order valence-electron chi connectivity index (χ0n) is 9.43. The second kappa shape index (κ2) is 5.25. The van der Waals surface area contributed by atoms with E-state index in [-0.39, 0.29) is 6.04 Å². The molecule has 2 rings (SSSR count). The first kappa shape index (κ1) is 12.0. The second-order valence-electron chi connectivity index (χ2n) is 3.71. The third-order valence-corrected chi connectivity index (χ3v) is 2.68. The molecular weight excluding hydrogens is 240 g/mol. The molecule has 1 unspecified atom stereocenters. The molecule has 17 heavy (non-hydrogen) atoms. The van der Waals surface area contributed by atoms with Crippen molar-refractivity contribution in [3.8, 4) is 11.5 Å². The summed E-state index contributed by atoms with van der Waals surface area (Å²) in [5.41, 5.74) is 6.58. The van der Waals surface area contributed by atoms with Crippen molar-refractivity contribution >= 4 is 11.6 Å². The number of nitrogens with zero attached hydrogens (tertiary/aromatic N) is 3. The summed E-state index contributed by atoms with van der Waals surface area (Å²) in [6, 6.07) is 1.53. The van der Waals surface area contributed by atoms with Gasteiger partial charge in [0.05, 0.1) is 16.6 Å². The lowest BCUT2D eigenvalue weighted by Crippen LogP contribution is -2.11. The maximum atomic E-state index is 5.99. The summed E-state index contributed by atoms with van der Waals surface area (Å²) >= 11 is 5.99. The van der Waals surface area contributed by atoms with Gasteiger partial charge in [-0.3, -0.25) is 4.98 Å². The molecule has 0 aliphatic carbocycles. The van der Waals surface area contributed by atoms with Crippen LogP contribution in [0.1, 0.15) is 31.6 Å². The number of rotatable bonds is 4. The van der Waals surface area contributed by atoms with E-state index in [2.05, 4.69) is 22.0 Å². The molecule has 0 aliphatic rings. The Labute approximate surface area is 104 Å². The Morgan fingerprint density at radius 3 is 3.06 bits per heavy atom. The molecule has 0 aliphatic heterocycles. The summed E-state index contributed by atoms with van der Waals surface area (Å²) in [7, 11) is 0. The molecule has 5 nitrogen and oxygen atoms in total. The van der Waals surface area contributed by atoms with E-state index in [4.69, 9.17) is 21.9 Å². The van der Waals surface area contributed by atoms with Crippen molar-refractivity contribution in [2.24, 2.45) is 5.73 Å². The molecule has 2 aromatic rings. The van der Waals surface area contributed by atoms with Gasteiger partial charge in [0, 0.05) is 12.4 Å². The van der Waals surface area contributed by atoms with Gasteiger partial charge in [-0.2, -0.15) is 4.98 Å². The number of hydrogen-bond donors (Lipinski definition) is 1. The van der Waals surface area contributed by atoms with Gasteiger partial charge in [0.1, 0.15) is 0 Å². The quantitative estimate of drug-likeness (QED) is 0.905. The van der Waals surface area contributed by atoms with Gasteiger partial charge >= 0.3 is 0 Å². The zero-order chi connectivity index (χ0) is 12.3. The van der Waals surface area contributed by atoms with E-state index in [9.17, 15) is 0 Å². The zero-order valence-corrected chi connectivity index (χ0v) is 10.2. The smallest absolute Gasteiger partial charge is 0.259 e. The number of nitrogens with two attached hydrogens (primary N) is 1. The molecule has 0 radical (unpaired) electrons. The summed E-state index contributed by atoms with van der Waals surface area (Å²) in [6.07, 6.45) is 4.95. The molecule has 1 atom stereocenters. The van der Waals surface area contributed by atoms with Crippen LogP contribution < -0.4 is 5.73 Å². The van der Waals surface area contributed by atoms with E-state index in [1.807, 2.05) is 0 Å². The first-order chi connectivity index (χ1) is 8.22. The van der Waals surface area contributed by atoms with Gasteiger partial charge in [-0.1, -0.05) is 30.1 Å². The summed E-state index contributed by atoms with van der Waals surface area (Å²) in [6.45, 7) is 2.06. The average Bonchev–Trinajstić information content (AvgIpc) is 2.79. The average molecular weight is 253 g/mol. The molecule has 0 bridgehead atoms. The van der Waals surface area contributed by atoms with Crippen molar-refractivity contribution in [1.82, 2.24) is 15.1 Å². The Morgan fingerprint density at radius 2 is 2.35 bits per heavy atom. The Kier molecular flexibility index (Phi) is 3.71. The fraction of sp³-hybridized carbons (Fsp3) is 0.364. The lowest BCUT2D eigenvalue weighted by Gasteiger charge is -2.02. The van der Waals surface area contributed by atoms with E-state index in [0.717, 1.165) is 12.8 Å². The van der Waals surface area contributed by atoms with E-state index in [0.29, 0.717) is 22.3 Å². The second-order valence-corrected chi connectivity index (χ2v) is 4.12. The van der Waals surface area contributed by atoms with Crippen LogP contribution in [0.15, 0.2) is 23.0 Å². The molecule has 90 valence electrons. The highest BCUT2D eigenvalue weighted by Crippen LogP contribution is 2.26. The molecule has 2 aromatic heterocycles. The van der Waals surface area contributed by atoms with Crippen molar-refractivity contribution in [3.63, 3.8) is 0 Å². The maximum Gasteiger partial charge on any atom is 0.259 e. The standard InChI is InChI=1S/C11H13ClN4O/c1-2-3-9(13)10-15-11(17-16-10)7-4-5-14-6-8(7)12/h4-6,9H,2-3,13H2,1H3. The lowest BCUT2D eigenvalue weighted by molar-refractivity contribution is 0.413. The first-order valence-electron chi connectivity index (χ1n) is 5.41. The van der Waals surface area contributed by atoms with Gasteiger partial charge in [-0.05, 0) is 12.5 Å². The monoisotopic (exact) mass is 252 g/mol. The van der Waals surface area contributed by atoms with Gasteiger partial charge in [-0.15, -0.1) is 0 Å². The van der Waals surface area contributed by atoms with Crippen molar-refractivity contribution in [1.29, 1.82) is 0 Å². The molecule has 2 N–H and O–H groups in total. The van der Waals surface area contributed by atoms with Crippen LogP contribution in [0.5, 0.6) is 0 Å². The van der Waals surface area contributed by atoms with Crippen molar-refractivity contribution in [2.75, 3.05) is 0 Å². The minimum Gasteiger partial charge on any atom is -0.334 e. The SMILES string of the molecule is CCCC(N)c1noc(-c2ccncc2Cl)n1. The highest BCUT2D eigenvalue weighted by molar-refractivity contribution is 6.32. The molecule has 0 spiro atoms. The molecule has 0 saturated carbocycles. The summed E-state index contributed by atoms with van der Waals surface area (Å²) in [4.78, 5) is 8.14. The van der Waals surface area contributed by atoms with Crippen LogP contribution in [-0.2, 0) is 0 Å². The van der Waals surface area contributed by atoms with E-state index in [1.165, 1.54) is 6.20 Å². The van der Waals surface area contributed by atoms with Crippen LogP contribution >= 0.6 is 11.6 Å². The van der Waals surface area contributed by atoms with Crippen molar-refractivity contribution in [3.05, 3.63) is 29.3 Å². The van der Waals surface area contributed by atoms with Gasteiger partial charge in [0.2, 0.25) is 0 Å². The number of hydrogen-bond acceptors (Lipinski definition) is 5. The van der Waals surface area contributed by atoms with Gasteiger partial charge in [0.15, 0.2) is 5.82 Å². The lowest BCUT2D eigenvalue weighted by atomic mass is 10.2. The highest BCUT2D eigenvalue weighted by Gasteiger charge is 2.16. The number of aromatic nitrogens is 3. The van der Waals surface area contributed by atoms with E-state index < -0.39 is 0 Å². The summed E-state index contributed by atoms with van der Waals surface area (Å²) < 4.78 is 5.15. The van der Waals surface area contributed by atoms with Crippen LogP contribution in [0.4, 0.5) is 0 Å². The van der Waals surface area contributed by atoms with Crippen LogP contribution in [0.3, 0.4) is 0 Å². The Bertz CT molecular complexity index is 500. The van der Waals surface area contributed by atoms with E-state index >= 15 is 0 Å².